The van der Waals surface area contributed by atoms with Crippen LogP contribution in [-0.2, 0) is 6.42 Å². The predicted molar refractivity (Wildman–Crippen MR) is 61.6 cm³/mol. The Kier molecular flexibility index (Phi) is 2.79. The molecule has 1 atom stereocenters. The molecule has 0 aliphatic carbocycles. The van der Waals surface area contributed by atoms with Crippen LogP contribution >= 0.6 is 0 Å². The zero-order valence-electron chi connectivity index (χ0n) is 9.45. The lowest BCUT2D eigenvalue weighted by Gasteiger charge is -2.02. The molecule has 0 aromatic carbocycles. The van der Waals surface area contributed by atoms with E-state index in [2.05, 4.69) is 25.7 Å². The smallest absolute Gasteiger partial charge is 0.175 e. The standard InChI is InChI=1S/C11H14N6/c1-2-10(8-12-4-1)17-15-11(14-16-17)6-9-3-5-13-7-9/h1-2,4,8-9,13H,3,5-7H2. The van der Waals surface area contributed by atoms with Crippen molar-refractivity contribution in [2.75, 3.05) is 13.1 Å². The molecule has 1 aliphatic heterocycles. The monoisotopic (exact) mass is 230 g/mol. The van der Waals surface area contributed by atoms with Gasteiger partial charge < -0.3 is 5.32 Å². The lowest BCUT2D eigenvalue weighted by Crippen LogP contribution is -2.11. The van der Waals surface area contributed by atoms with Gasteiger partial charge in [-0.25, -0.2) is 0 Å². The number of hydrogen-bond donors (Lipinski definition) is 1. The highest BCUT2D eigenvalue weighted by Crippen LogP contribution is 2.12. The fourth-order valence-corrected chi connectivity index (χ4v) is 2.05. The third-order valence-corrected chi connectivity index (χ3v) is 2.97. The number of aromatic nitrogens is 5. The van der Waals surface area contributed by atoms with Crippen LogP contribution in [0.15, 0.2) is 24.5 Å². The Morgan fingerprint density at radius 1 is 1.47 bits per heavy atom. The van der Waals surface area contributed by atoms with E-state index >= 15 is 0 Å². The summed E-state index contributed by atoms with van der Waals surface area (Å²) in [6, 6.07) is 3.77. The molecule has 88 valence electrons. The average molecular weight is 230 g/mol. The van der Waals surface area contributed by atoms with Crippen molar-refractivity contribution in [3.05, 3.63) is 30.4 Å². The first-order chi connectivity index (χ1) is 8.42. The second-order valence-corrected chi connectivity index (χ2v) is 4.27. The van der Waals surface area contributed by atoms with Gasteiger partial charge in [0.15, 0.2) is 5.82 Å². The van der Waals surface area contributed by atoms with Crippen molar-refractivity contribution in [1.82, 2.24) is 30.5 Å². The Hall–Kier alpha value is -1.82. The molecular weight excluding hydrogens is 216 g/mol. The Bertz CT molecular complexity index is 474. The maximum atomic E-state index is 4.37. The van der Waals surface area contributed by atoms with E-state index in [0.717, 1.165) is 31.0 Å². The Morgan fingerprint density at radius 3 is 3.24 bits per heavy atom. The topological polar surface area (TPSA) is 68.5 Å². The highest BCUT2D eigenvalue weighted by Gasteiger charge is 2.17. The summed E-state index contributed by atoms with van der Waals surface area (Å²) >= 11 is 0. The predicted octanol–water partition coefficient (Wildman–Crippen LogP) is 0.209. The molecule has 1 aliphatic rings. The summed E-state index contributed by atoms with van der Waals surface area (Å²) in [5, 5.41) is 15.8. The lowest BCUT2D eigenvalue weighted by atomic mass is 10.1. The van der Waals surface area contributed by atoms with Crippen LogP contribution in [0.4, 0.5) is 0 Å². The summed E-state index contributed by atoms with van der Waals surface area (Å²) in [4.78, 5) is 5.57. The van der Waals surface area contributed by atoms with Crippen LogP contribution in [0.3, 0.4) is 0 Å². The van der Waals surface area contributed by atoms with Crippen LogP contribution < -0.4 is 5.32 Å². The molecule has 0 saturated carbocycles. The van der Waals surface area contributed by atoms with Gasteiger partial charge in [0, 0.05) is 12.6 Å². The van der Waals surface area contributed by atoms with Gasteiger partial charge in [-0.1, -0.05) is 0 Å². The van der Waals surface area contributed by atoms with Crippen LogP contribution in [-0.4, -0.2) is 38.3 Å². The van der Waals surface area contributed by atoms with Crippen molar-refractivity contribution >= 4 is 0 Å². The molecule has 1 unspecified atom stereocenters. The fourth-order valence-electron chi connectivity index (χ4n) is 2.05. The zero-order valence-corrected chi connectivity index (χ0v) is 9.45. The molecule has 0 spiro atoms. The first-order valence-corrected chi connectivity index (χ1v) is 5.82. The van der Waals surface area contributed by atoms with E-state index in [1.54, 1.807) is 12.4 Å². The molecule has 1 N–H and O–H groups in total. The summed E-state index contributed by atoms with van der Waals surface area (Å²) in [5.41, 5.74) is 0.843. The second kappa shape index (κ2) is 4.58. The molecule has 2 aromatic rings. The first-order valence-electron chi connectivity index (χ1n) is 5.82. The summed E-state index contributed by atoms with van der Waals surface area (Å²) in [6.45, 7) is 2.16. The van der Waals surface area contributed by atoms with Gasteiger partial charge >= 0.3 is 0 Å². The van der Waals surface area contributed by atoms with Gasteiger partial charge in [-0.15, -0.1) is 15.0 Å². The molecule has 0 radical (unpaired) electrons. The van der Waals surface area contributed by atoms with E-state index in [0.29, 0.717) is 5.92 Å². The molecule has 3 heterocycles. The van der Waals surface area contributed by atoms with Crippen molar-refractivity contribution in [2.45, 2.75) is 12.8 Å². The van der Waals surface area contributed by atoms with E-state index in [1.807, 2.05) is 12.1 Å². The minimum absolute atomic E-state index is 0.640. The molecule has 6 heteroatoms. The van der Waals surface area contributed by atoms with Crippen LogP contribution in [0.2, 0.25) is 0 Å². The number of rotatable bonds is 3. The largest absolute Gasteiger partial charge is 0.316 e. The summed E-state index contributed by atoms with van der Waals surface area (Å²) < 4.78 is 0. The maximum Gasteiger partial charge on any atom is 0.175 e. The molecule has 17 heavy (non-hydrogen) atoms. The van der Waals surface area contributed by atoms with Crippen molar-refractivity contribution in [2.24, 2.45) is 5.92 Å². The minimum Gasteiger partial charge on any atom is -0.316 e. The Morgan fingerprint density at radius 2 is 2.47 bits per heavy atom. The van der Waals surface area contributed by atoms with E-state index in [1.165, 1.54) is 11.2 Å². The van der Waals surface area contributed by atoms with Gasteiger partial charge in [0.05, 0.1) is 6.20 Å². The number of nitrogens with one attached hydrogen (secondary N) is 1. The van der Waals surface area contributed by atoms with Crippen molar-refractivity contribution in [3.63, 3.8) is 0 Å². The summed E-state index contributed by atoms with van der Waals surface area (Å²) in [7, 11) is 0. The average Bonchev–Trinajstić information content (AvgIpc) is 3.02. The molecule has 3 rings (SSSR count). The van der Waals surface area contributed by atoms with Crippen LogP contribution in [0.5, 0.6) is 0 Å². The number of pyridine rings is 1. The number of tetrazole rings is 1. The molecule has 6 nitrogen and oxygen atoms in total. The Balaban J connectivity index is 1.74. The Labute approximate surface area is 99.1 Å². The van der Waals surface area contributed by atoms with Crippen molar-refractivity contribution < 1.29 is 0 Å². The quantitative estimate of drug-likeness (QED) is 0.816. The van der Waals surface area contributed by atoms with E-state index in [4.69, 9.17) is 0 Å². The highest BCUT2D eigenvalue weighted by atomic mass is 15.6. The number of hydrogen-bond acceptors (Lipinski definition) is 5. The molecule has 0 bridgehead atoms. The normalized spacial score (nSPS) is 19.6. The third kappa shape index (κ3) is 2.31. The maximum absolute atomic E-state index is 4.37. The highest BCUT2D eigenvalue weighted by molar-refractivity contribution is 5.23. The van der Waals surface area contributed by atoms with Gasteiger partial charge in [-0.05, 0) is 42.8 Å². The van der Waals surface area contributed by atoms with E-state index < -0.39 is 0 Å². The number of nitrogens with zero attached hydrogens (tertiary/aromatic N) is 5. The van der Waals surface area contributed by atoms with E-state index in [9.17, 15) is 0 Å². The molecule has 1 saturated heterocycles. The summed E-state index contributed by atoms with van der Waals surface area (Å²) in [6.07, 6.45) is 5.54. The van der Waals surface area contributed by atoms with Gasteiger partial charge in [0.1, 0.15) is 5.69 Å². The zero-order chi connectivity index (χ0) is 11.5. The van der Waals surface area contributed by atoms with Crippen LogP contribution in [0.25, 0.3) is 5.69 Å². The van der Waals surface area contributed by atoms with Crippen molar-refractivity contribution in [3.8, 4) is 5.69 Å². The summed E-state index contributed by atoms with van der Waals surface area (Å²) in [5.74, 6) is 1.45. The molecule has 2 aromatic heterocycles. The van der Waals surface area contributed by atoms with Crippen LogP contribution in [0.1, 0.15) is 12.2 Å². The first kappa shape index (κ1) is 10.3. The van der Waals surface area contributed by atoms with Gasteiger partial charge in [0.2, 0.25) is 0 Å². The molecular formula is C11H14N6. The third-order valence-electron chi connectivity index (χ3n) is 2.97. The molecule has 0 amide bonds. The lowest BCUT2D eigenvalue weighted by molar-refractivity contribution is 0.560. The van der Waals surface area contributed by atoms with Gasteiger partial charge in [0.25, 0.3) is 0 Å². The SMILES string of the molecule is c1cncc(-n2nnc(CC3CCNC3)n2)c1. The fraction of sp³-hybridized carbons (Fsp3) is 0.455. The van der Waals surface area contributed by atoms with Crippen LogP contribution in [0, 0.1) is 5.92 Å². The van der Waals surface area contributed by atoms with Crippen molar-refractivity contribution in [1.29, 1.82) is 0 Å². The minimum atomic E-state index is 0.640. The van der Waals surface area contributed by atoms with Gasteiger partial charge in [-0.3, -0.25) is 4.98 Å². The second-order valence-electron chi connectivity index (χ2n) is 4.27. The van der Waals surface area contributed by atoms with Gasteiger partial charge in [-0.2, -0.15) is 0 Å². The molecule has 1 fully saturated rings. The van der Waals surface area contributed by atoms with E-state index in [-0.39, 0.29) is 0 Å².